The summed E-state index contributed by atoms with van der Waals surface area (Å²) < 4.78 is 9.48. The van der Waals surface area contributed by atoms with E-state index in [2.05, 4.69) is 4.74 Å². The van der Waals surface area contributed by atoms with Crippen LogP contribution in [0.4, 0.5) is 0 Å². The molecule has 0 aromatic carbocycles. The first-order valence-electron chi connectivity index (χ1n) is 5.76. The van der Waals surface area contributed by atoms with Gasteiger partial charge in [0.1, 0.15) is 6.04 Å². The number of rotatable bonds is 3. The first-order chi connectivity index (χ1) is 8.11. The lowest BCUT2D eigenvalue weighted by Crippen LogP contribution is -2.45. The first-order valence-corrected chi connectivity index (χ1v) is 5.76. The Morgan fingerprint density at radius 2 is 1.82 bits per heavy atom. The zero-order chi connectivity index (χ0) is 12.8. The second-order valence-corrected chi connectivity index (χ2v) is 3.63. The number of hydrogen-bond acceptors (Lipinski definition) is 5. The van der Waals surface area contributed by atoms with Crippen LogP contribution in [0.15, 0.2) is 0 Å². The van der Waals surface area contributed by atoms with Crippen LogP contribution in [0.1, 0.15) is 26.7 Å². The quantitative estimate of drug-likeness (QED) is 0.519. The molecule has 0 saturated carbocycles. The largest absolute Gasteiger partial charge is 0.464 e. The third-order valence-electron chi connectivity index (χ3n) is 2.52. The number of esters is 2. The summed E-state index contributed by atoms with van der Waals surface area (Å²) in [5.41, 5.74) is 0. The van der Waals surface area contributed by atoms with Crippen molar-refractivity contribution in [1.82, 2.24) is 4.90 Å². The number of carbonyl (C=O) groups excluding carboxylic acids is 3. The van der Waals surface area contributed by atoms with Gasteiger partial charge in [-0.25, -0.2) is 9.59 Å². The lowest BCUT2D eigenvalue weighted by molar-refractivity contribution is -0.163. The van der Waals surface area contributed by atoms with Gasteiger partial charge in [0.05, 0.1) is 13.2 Å². The van der Waals surface area contributed by atoms with Crippen molar-refractivity contribution in [2.45, 2.75) is 32.7 Å². The zero-order valence-corrected chi connectivity index (χ0v) is 10.1. The number of amides is 1. The minimum Gasteiger partial charge on any atom is -0.464 e. The van der Waals surface area contributed by atoms with E-state index in [0.717, 1.165) is 0 Å². The molecule has 1 atom stereocenters. The summed E-state index contributed by atoms with van der Waals surface area (Å²) in [6.45, 7) is 4.11. The highest BCUT2D eigenvalue weighted by Gasteiger charge is 2.38. The molecule has 6 nitrogen and oxygen atoms in total. The highest BCUT2D eigenvalue weighted by atomic mass is 16.5. The van der Waals surface area contributed by atoms with Crippen molar-refractivity contribution in [2.75, 3.05) is 19.8 Å². The highest BCUT2D eigenvalue weighted by molar-refractivity contribution is 6.32. The van der Waals surface area contributed by atoms with Crippen LogP contribution in [0.5, 0.6) is 0 Å². The molecule has 0 spiro atoms. The molecule has 1 aliphatic heterocycles. The molecule has 1 aliphatic rings. The molecular weight excluding hydrogens is 226 g/mol. The summed E-state index contributed by atoms with van der Waals surface area (Å²) in [7, 11) is 0. The Balaban J connectivity index is 2.65. The monoisotopic (exact) mass is 243 g/mol. The Morgan fingerprint density at radius 1 is 1.18 bits per heavy atom. The van der Waals surface area contributed by atoms with E-state index in [1.54, 1.807) is 13.8 Å². The van der Waals surface area contributed by atoms with Crippen LogP contribution >= 0.6 is 0 Å². The summed E-state index contributed by atoms with van der Waals surface area (Å²) in [5, 5.41) is 0. The lowest BCUT2D eigenvalue weighted by atomic mass is 10.2. The number of nitrogens with zero attached hydrogens (tertiary/aromatic N) is 1. The Bertz CT molecular complexity index is 315. The molecule has 1 amide bonds. The fourth-order valence-corrected chi connectivity index (χ4v) is 1.80. The average Bonchev–Trinajstić information content (AvgIpc) is 2.77. The van der Waals surface area contributed by atoms with E-state index in [1.165, 1.54) is 4.90 Å². The maximum Gasteiger partial charge on any atom is 0.397 e. The van der Waals surface area contributed by atoms with Gasteiger partial charge >= 0.3 is 17.8 Å². The predicted molar refractivity (Wildman–Crippen MR) is 58.0 cm³/mol. The second kappa shape index (κ2) is 6.22. The Hall–Kier alpha value is -1.59. The third kappa shape index (κ3) is 3.18. The normalized spacial score (nSPS) is 18.9. The van der Waals surface area contributed by atoms with Crippen molar-refractivity contribution in [3.8, 4) is 0 Å². The van der Waals surface area contributed by atoms with Crippen LogP contribution in [0, 0.1) is 0 Å². The topological polar surface area (TPSA) is 72.9 Å². The average molecular weight is 243 g/mol. The van der Waals surface area contributed by atoms with Crippen LogP contribution in [0.25, 0.3) is 0 Å². The number of hydrogen-bond donors (Lipinski definition) is 0. The molecule has 1 heterocycles. The molecular formula is C11H17NO5. The fourth-order valence-electron chi connectivity index (χ4n) is 1.80. The van der Waals surface area contributed by atoms with Crippen molar-refractivity contribution in [1.29, 1.82) is 0 Å². The van der Waals surface area contributed by atoms with Gasteiger partial charge in [-0.3, -0.25) is 4.79 Å². The standard InChI is InChI=1S/C11H17NO5/c1-3-16-10(14)8-6-5-7-12(8)9(13)11(15)17-4-2/h8H,3-7H2,1-2H3/t8-/m0/s1. The van der Waals surface area contributed by atoms with E-state index in [0.29, 0.717) is 19.4 Å². The van der Waals surface area contributed by atoms with Crippen LogP contribution in [-0.2, 0) is 23.9 Å². The molecule has 0 N–H and O–H groups in total. The van der Waals surface area contributed by atoms with Gasteiger partial charge in [0.2, 0.25) is 0 Å². The van der Waals surface area contributed by atoms with Gasteiger partial charge in [-0.2, -0.15) is 0 Å². The van der Waals surface area contributed by atoms with Gasteiger partial charge < -0.3 is 14.4 Å². The summed E-state index contributed by atoms with van der Waals surface area (Å²) in [6.07, 6.45) is 1.22. The van der Waals surface area contributed by atoms with Gasteiger partial charge in [0, 0.05) is 6.54 Å². The molecule has 0 aromatic heterocycles. The van der Waals surface area contributed by atoms with Crippen molar-refractivity contribution in [2.24, 2.45) is 0 Å². The van der Waals surface area contributed by atoms with Gasteiger partial charge in [0.15, 0.2) is 0 Å². The summed E-state index contributed by atoms with van der Waals surface area (Å²) in [5.74, 6) is -2.13. The molecule has 0 aromatic rings. The zero-order valence-electron chi connectivity index (χ0n) is 10.1. The smallest absolute Gasteiger partial charge is 0.397 e. The minimum atomic E-state index is -0.913. The van der Waals surface area contributed by atoms with Crippen LogP contribution in [-0.4, -0.2) is 48.5 Å². The van der Waals surface area contributed by atoms with Crippen molar-refractivity contribution in [3.05, 3.63) is 0 Å². The summed E-state index contributed by atoms with van der Waals surface area (Å²) >= 11 is 0. The highest BCUT2D eigenvalue weighted by Crippen LogP contribution is 2.18. The van der Waals surface area contributed by atoms with Crippen LogP contribution in [0.3, 0.4) is 0 Å². The molecule has 1 saturated heterocycles. The van der Waals surface area contributed by atoms with E-state index in [4.69, 9.17) is 4.74 Å². The maximum absolute atomic E-state index is 11.7. The van der Waals surface area contributed by atoms with Gasteiger partial charge in [-0.1, -0.05) is 0 Å². The van der Waals surface area contributed by atoms with Crippen molar-refractivity contribution >= 4 is 17.8 Å². The SMILES string of the molecule is CCOC(=O)C(=O)N1CCC[C@H]1C(=O)OCC. The first kappa shape index (κ1) is 13.5. The Morgan fingerprint density at radius 3 is 2.41 bits per heavy atom. The third-order valence-corrected chi connectivity index (χ3v) is 2.52. The van der Waals surface area contributed by atoms with E-state index >= 15 is 0 Å². The maximum atomic E-state index is 11.7. The van der Waals surface area contributed by atoms with E-state index < -0.39 is 23.9 Å². The molecule has 6 heteroatoms. The minimum absolute atomic E-state index is 0.141. The molecule has 1 rings (SSSR count). The Kier molecular flexibility index (Phi) is 4.93. The van der Waals surface area contributed by atoms with Crippen LogP contribution < -0.4 is 0 Å². The number of likely N-dealkylation sites (tertiary alicyclic amines) is 1. The number of ether oxygens (including phenoxy) is 2. The second-order valence-electron chi connectivity index (χ2n) is 3.63. The molecule has 96 valence electrons. The lowest BCUT2D eigenvalue weighted by Gasteiger charge is -2.21. The molecule has 0 aliphatic carbocycles. The van der Waals surface area contributed by atoms with E-state index in [9.17, 15) is 14.4 Å². The molecule has 17 heavy (non-hydrogen) atoms. The van der Waals surface area contributed by atoms with Crippen molar-refractivity contribution in [3.63, 3.8) is 0 Å². The fraction of sp³-hybridized carbons (Fsp3) is 0.727. The molecule has 1 fully saturated rings. The van der Waals surface area contributed by atoms with Crippen molar-refractivity contribution < 1.29 is 23.9 Å². The summed E-state index contributed by atoms with van der Waals surface area (Å²) in [6, 6.07) is -0.646. The predicted octanol–water partition coefficient (Wildman–Crippen LogP) is 0.104. The number of carbonyl (C=O) groups is 3. The molecule has 0 unspecified atom stereocenters. The van der Waals surface area contributed by atoms with Gasteiger partial charge in [-0.15, -0.1) is 0 Å². The van der Waals surface area contributed by atoms with E-state index in [1.807, 2.05) is 0 Å². The Labute approximate surface area is 99.9 Å². The van der Waals surface area contributed by atoms with Gasteiger partial charge in [0.25, 0.3) is 0 Å². The van der Waals surface area contributed by atoms with Crippen LogP contribution in [0.2, 0.25) is 0 Å². The van der Waals surface area contributed by atoms with Gasteiger partial charge in [-0.05, 0) is 26.7 Å². The molecule has 0 bridgehead atoms. The van der Waals surface area contributed by atoms with E-state index in [-0.39, 0.29) is 13.2 Å². The summed E-state index contributed by atoms with van der Waals surface area (Å²) in [4.78, 5) is 35.8. The molecule has 0 radical (unpaired) electrons.